The van der Waals surface area contributed by atoms with Gasteiger partial charge in [0, 0.05) is 19.2 Å². The van der Waals surface area contributed by atoms with Crippen molar-refractivity contribution in [1.82, 2.24) is 14.9 Å². The van der Waals surface area contributed by atoms with E-state index < -0.39 is 28.2 Å². The molecular weight excluding hydrogens is 306 g/mol. The molecule has 1 aliphatic rings. The van der Waals surface area contributed by atoms with Crippen LogP contribution in [0, 0.1) is 10.1 Å². The van der Waals surface area contributed by atoms with Crippen LogP contribution in [-0.4, -0.2) is 20.5 Å². The smallest absolute Gasteiger partial charge is 0.327 e. The number of nitro benzene ring substituents is 1. The fourth-order valence-electron chi connectivity index (χ4n) is 2.44. The highest BCUT2D eigenvalue weighted by atomic mass is 16.6. The Morgan fingerprint density at radius 3 is 2.43 bits per heavy atom. The second kappa shape index (κ2) is 5.09. The van der Waals surface area contributed by atoms with Gasteiger partial charge in [-0.1, -0.05) is 0 Å². The zero-order chi connectivity index (χ0) is 16.7. The van der Waals surface area contributed by atoms with E-state index in [2.05, 4.69) is 15.6 Å². The van der Waals surface area contributed by atoms with E-state index in [1.54, 1.807) is 0 Å². The highest BCUT2D eigenvalue weighted by molar-refractivity contribution is 5.92. The van der Waals surface area contributed by atoms with Crippen LogP contribution in [-0.2, 0) is 7.05 Å². The summed E-state index contributed by atoms with van der Waals surface area (Å²) in [5.74, 6) is 0.0888. The molecule has 2 amide bonds. The van der Waals surface area contributed by atoms with Gasteiger partial charge in [-0.2, -0.15) is 0 Å². The summed E-state index contributed by atoms with van der Waals surface area (Å²) < 4.78 is 1.12. The monoisotopic (exact) mass is 317 g/mol. The minimum Gasteiger partial charge on any atom is -0.327 e. The second-order valence-corrected chi connectivity index (χ2v) is 4.96. The van der Waals surface area contributed by atoms with Gasteiger partial charge in [0.15, 0.2) is 0 Å². The van der Waals surface area contributed by atoms with E-state index >= 15 is 0 Å². The number of non-ortho nitro benzene ring substituents is 1. The third-order valence-corrected chi connectivity index (χ3v) is 3.59. The van der Waals surface area contributed by atoms with Crippen molar-refractivity contribution in [2.45, 2.75) is 6.04 Å². The summed E-state index contributed by atoms with van der Waals surface area (Å²) in [6.07, 6.45) is 0. The van der Waals surface area contributed by atoms with Crippen LogP contribution in [0.3, 0.4) is 0 Å². The lowest BCUT2D eigenvalue weighted by molar-refractivity contribution is -0.384. The summed E-state index contributed by atoms with van der Waals surface area (Å²) in [6.45, 7) is 0. The van der Waals surface area contributed by atoms with Gasteiger partial charge in [0.25, 0.3) is 11.2 Å². The lowest BCUT2D eigenvalue weighted by Crippen LogP contribution is -2.46. The number of urea groups is 1. The zero-order valence-electron chi connectivity index (χ0n) is 11.8. The molecule has 1 aromatic heterocycles. The van der Waals surface area contributed by atoms with Crippen LogP contribution >= 0.6 is 0 Å². The van der Waals surface area contributed by atoms with Crippen LogP contribution < -0.4 is 21.9 Å². The quantitative estimate of drug-likeness (QED) is 0.536. The van der Waals surface area contributed by atoms with Crippen molar-refractivity contribution in [3.8, 4) is 0 Å². The van der Waals surface area contributed by atoms with Gasteiger partial charge in [-0.3, -0.25) is 29.8 Å². The Hall–Kier alpha value is -3.43. The van der Waals surface area contributed by atoms with Gasteiger partial charge < -0.3 is 5.32 Å². The maximum atomic E-state index is 12.1. The molecule has 0 bridgehead atoms. The molecule has 0 radical (unpaired) electrons. The van der Waals surface area contributed by atoms with E-state index in [1.165, 1.54) is 31.3 Å². The topological polar surface area (TPSA) is 139 Å². The molecule has 1 atom stereocenters. The minimum atomic E-state index is -0.824. The van der Waals surface area contributed by atoms with Crippen molar-refractivity contribution >= 4 is 17.5 Å². The Morgan fingerprint density at radius 1 is 1.17 bits per heavy atom. The fraction of sp³-hybridized carbons (Fsp3) is 0.154. The van der Waals surface area contributed by atoms with Crippen LogP contribution in [0.15, 0.2) is 33.9 Å². The molecule has 10 nitrogen and oxygen atoms in total. The summed E-state index contributed by atoms with van der Waals surface area (Å²) in [7, 11) is 1.41. The Bertz CT molecular complexity index is 927. The van der Waals surface area contributed by atoms with Gasteiger partial charge in [-0.15, -0.1) is 0 Å². The molecule has 3 rings (SSSR count). The summed E-state index contributed by atoms with van der Waals surface area (Å²) >= 11 is 0. The second-order valence-electron chi connectivity index (χ2n) is 4.96. The van der Waals surface area contributed by atoms with Crippen molar-refractivity contribution in [3.05, 3.63) is 66.3 Å². The number of aromatic nitrogens is 2. The molecule has 3 N–H and O–H groups in total. The predicted octanol–water partition coefficient (Wildman–Crippen LogP) is 0.206. The molecule has 0 saturated heterocycles. The average molecular weight is 317 g/mol. The SMILES string of the molecule is Cn1c2c(c(=O)[nH]c1=O)C(c1ccc([N+](=O)[O-])cc1)NC(=O)N2. The van der Waals surface area contributed by atoms with Crippen LogP contribution in [0.1, 0.15) is 17.2 Å². The van der Waals surface area contributed by atoms with Gasteiger partial charge in [0.2, 0.25) is 0 Å². The normalized spacial score (nSPS) is 16.2. The Kier molecular flexibility index (Phi) is 3.21. The van der Waals surface area contributed by atoms with Gasteiger partial charge in [-0.25, -0.2) is 9.59 Å². The predicted molar refractivity (Wildman–Crippen MR) is 79.4 cm³/mol. The van der Waals surface area contributed by atoms with E-state index in [1.807, 2.05) is 0 Å². The minimum absolute atomic E-state index is 0.0888. The number of rotatable bonds is 2. The molecule has 10 heteroatoms. The van der Waals surface area contributed by atoms with Crippen molar-refractivity contribution in [3.63, 3.8) is 0 Å². The van der Waals surface area contributed by atoms with Crippen molar-refractivity contribution in [1.29, 1.82) is 0 Å². The molecule has 23 heavy (non-hydrogen) atoms. The van der Waals surface area contributed by atoms with Crippen molar-refractivity contribution in [2.75, 3.05) is 5.32 Å². The van der Waals surface area contributed by atoms with Gasteiger partial charge >= 0.3 is 11.7 Å². The number of carbonyl (C=O) groups excluding carboxylic acids is 1. The molecule has 1 aliphatic heterocycles. The van der Waals surface area contributed by atoms with Crippen LogP contribution in [0.4, 0.5) is 16.3 Å². The fourth-order valence-corrected chi connectivity index (χ4v) is 2.44. The van der Waals surface area contributed by atoms with Crippen LogP contribution in [0.25, 0.3) is 0 Å². The first-order valence-corrected chi connectivity index (χ1v) is 6.53. The van der Waals surface area contributed by atoms with Crippen molar-refractivity contribution in [2.24, 2.45) is 7.05 Å². The van der Waals surface area contributed by atoms with Gasteiger partial charge in [0.1, 0.15) is 5.82 Å². The first-order chi connectivity index (χ1) is 10.9. The van der Waals surface area contributed by atoms with Crippen LogP contribution in [0.2, 0.25) is 0 Å². The van der Waals surface area contributed by atoms with E-state index in [4.69, 9.17) is 0 Å². The van der Waals surface area contributed by atoms with Crippen molar-refractivity contribution < 1.29 is 9.72 Å². The van der Waals surface area contributed by atoms with E-state index in [9.17, 15) is 24.5 Å². The zero-order valence-corrected chi connectivity index (χ0v) is 11.8. The van der Waals surface area contributed by atoms with Gasteiger partial charge in [0.05, 0.1) is 16.5 Å². The number of amides is 2. The Morgan fingerprint density at radius 2 is 1.83 bits per heavy atom. The summed E-state index contributed by atoms with van der Waals surface area (Å²) in [5, 5.41) is 15.7. The largest absolute Gasteiger partial charge is 0.329 e. The number of aromatic amines is 1. The van der Waals surface area contributed by atoms with Crippen LogP contribution in [0.5, 0.6) is 0 Å². The standard InChI is InChI=1S/C13H11N5O5/c1-17-10-8(11(19)16-13(17)21)9(14-12(20)15-10)6-2-4-7(5-3-6)18(22)23/h2-5,9H,1H3,(H2,14,15,20)(H,16,19,21). The number of benzene rings is 1. The lowest BCUT2D eigenvalue weighted by Gasteiger charge is -2.27. The molecule has 0 saturated carbocycles. The third kappa shape index (κ3) is 2.35. The molecule has 1 unspecified atom stereocenters. The van der Waals surface area contributed by atoms with Gasteiger partial charge in [-0.05, 0) is 17.7 Å². The third-order valence-electron chi connectivity index (χ3n) is 3.59. The summed E-state index contributed by atoms with van der Waals surface area (Å²) in [4.78, 5) is 47.9. The Balaban J connectivity index is 2.18. The molecule has 0 fully saturated rings. The van der Waals surface area contributed by atoms with E-state index in [-0.39, 0.29) is 17.1 Å². The Labute approximate surface area is 127 Å². The number of nitro groups is 1. The number of hydrogen-bond acceptors (Lipinski definition) is 5. The molecule has 2 heterocycles. The summed E-state index contributed by atoms with van der Waals surface area (Å²) in [5.41, 5.74) is -0.766. The number of fused-ring (bicyclic) bond motifs is 1. The molecule has 0 aliphatic carbocycles. The first-order valence-electron chi connectivity index (χ1n) is 6.53. The number of hydrogen-bond donors (Lipinski definition) is 3. The maximum absolute atomic E-state index is 12.1. The molecule has 118 valence electrons. The number of nitrogens with one attached hydrogen (secondary N) is 3. The number of nitrogens with zero attached hydrogens (tertiary/aromatic N) is 2. The molecular formula is C13H11N5O5. The number of carbonyl (C=O) groups is 1. The number of H-pyrrole nitrogens is 1. The lowest BCUT2D eigenvalue weighted by atomic mass is 9.98. The highest BCUT2D eigenvalue weighted by Gasteiger charge is 2.30. The summed E-state index contributed by atoms with van der Waals surface area (Å²) in [6, 6.07) is 4.04. The first kappa shape index (κ1) is 14.5. The van der Waals surface area contributed by atoms with E-state index in [0.717, 1.165) is 4.57 Å². The highest BCUT2D eigenvalue weighted by Crippen LogP contribution is 2.28. The maximum Gasteiger partial charge on any atom is 0.329 e. The molecule has 0 spiro atoms. The van der Waals surface area contributed by atoms with E-state index in [0.29, 0.717) is 5.56 Å². The average Bonchev–Trinajstić information content (AvgIpc) is 2.52. The molecule has 2 aromatic rings. The number of anilines is 1. The molecule has 1 aromatic carbocycles.